The zero-order chi connectivity index (χ0) is 15.2. The van der Waals surface area contributed by atoms with Crippen LogP contribution in [0.4, 0.5) is 0 Å². The van der Waals surface area contributed by atoms with Crippen molar-refractivity contribution in [2.45, 2.75) is 39.2 Å². The third-order valence-corrected chi connectivity index (χ3v) is 4.10. The topological polar surface area (TPSA) is 29.9 Å². The molecular formula is C17H24BrN3. The highest BCUT2D eigenvalue weighted by Gasteiger charge is 2.13. The van der Waals surface area contributed by atoms with Crippen LogP contribution in [0.3, 0.4) is 0 Å². The van der Waals surface area contributed by atoms with Crippen LogP contribution in [-0.4, -0.2) is 22.4 Å². The fourth-order valence-electron chi connectivity index (χ4n) is 2.62. The number of nitrogens with zero attached hydrogens (tertiary/aromatic N) is 2. The predicted molar refractivity (Wildman–Crippen MR) is 91.6 cm³/mol. The van der Waals surface area contributed by atoms with Gasteiger partial charge in [-0.1, -0.05) is 35.0 Å². The van der Waals surface area contributed by atoms with Crippen molar-refractivity contribution in [2.75, 3.05) is 6.54 Å². The maximum atomic E-state index is 4.45. The number of hydrogen-bond donors (Lipinski definition) is 1. The van der Waals surface area contributed by atoms with Crippen molar-refractivity contribution in [3.8, 4) is 0 Å². The molecule has 0 bridgehead atoms. The fraction of sp³-hybridized carbons (Fsp3) is 0.471. The Morgan fingerprint density at radius 2 is 2.10 bits per heavy atom. The third-order valence-electron chi connectivity index (χ3n) is 3.61. The van der Waals surface area contributed by atoms with Gasteiger partial charge in [-0.05, 0) is 50.1 Å². The summed E-state index contributed by atoms with van der Waals surface area (Å²) in [4.78, 5) is 0. The molecule has 4 heteroatoms. The molecule has 0 amide bonds. The Kier molecular flexibility index (Phi) is 6.00. The van der Waals surface area contributed by atoms with Gasteiger partial charge in [-0.15, -0.1) is 0 Å². The Bertz CT molecular complexity index is 577. The van der Waals surface area contributed by atoms with Crippen molar-refractivity contribution in [3.63, 3.8) is 0 Å². The molecule has 1 atom stereocenters. The van der Waals surface area contributed by atoms with Gasteiger partial charge >= 0.3 is 0 Å². The van der Waals surface area contributed by atoms with Gasteiger partial charge < -0.3 is 5.32 Å². The molecule has 2 aromatic rings. The predicted octanol–water partition coefficient (Wildman–Crippen LogP) is 3.64. The second-order valence-electron chi connectivity index (χ2n) is 5.59. The summed E-state index contributed by atoms with van der Waals surface area (Å²) < 4.78 is 3.14. The summed E-state index contributed by atoms with van der Waals surface area (Å²) >= 11 is 3.55. The Balaban J connectivity index is 2.08. The molecule has 0 spiro atoms. The molecule has 2 rings (SSSR count). The van der Waals surface area contributed by atoms with E-state index in [2.05, 4.69) is 63.6 Å². The van der Waals surface area contributed by atoms with Crippen LogP contribution in [0.15, 0.2) is 34.8 Å². The number of hydrogen-bond acceptors (Lipinski definition) is 2. The highest BCUT2D eigenvalue weighted by Crippen LogP contribution is 2.15. The summed E-state index contributed by atoms with van der Waals surface area (Å²) in [5, 5.41) is 8.11. The largest absolute Gasteiger partial charge is 0.313 e. The van der Waals surface area contributed by atoms with Crippen LogP contribution in [0.25, 0.3) is 0 Å². The smallest absolute Gasteiger partial charge is 0.0596 e. The number of aromatic nitrogens is 2. The standard InChI is InChI=1S/C17H24BrN3/c1-4-8-19-16(11-14-6-5-7-15(18)10-14)12-17-9-13(2)20-21(17)3/h5-7,9-10,16,19H,4,8,11-12H2,1-3H3. The molecule has 1 N–H and O–H groups in total. The first-order valence-electron chi connectivity index (χ1n) is 7.56. The van der Waals surface area contributed by atoms with Crippen LogP contribution in [0, 0.1) is 6.92 Å². The van der Waals surface area contributed by atoms with Crippen molar-refractivity contribution < 1.29 is 0 Å². The minimum absolute atomic E-state index is 0.439. The van der Waals surface area contributed by atoms with Gasteiger partial charge in [-0.25, -0.2) is 0 Å². The first-order valence-corrected chi connectivity index (χ1v) is 8.35. The summed E-state index contributed by atoms with van der Waals surface area (Å²) in [6, 6.07) is 11.2. The monoisotopic (exact) mass is 349 g/mol. The summed E-state index contributed by atoms with van der Waals surface area (Å²) in [6.45, 7) is 5.30. The van der Waals surface area contributed by atoms with Crippen LogP contribution < -0.4 is 5.32 Å². The van der Waals surface area contributed by atoms with Crippen LogP contribution in [-0.2, 0) is 19.9 Å². The molecule has 21 heavy (non-hydrogen) atoms. The average Bonchev–Trinajstić information content (AvgIpc) is 2.74. The molecule has 1 heterocycles. The molecule has 0 aliphatic carbocycles. The molecule has 0 fully saturated rings. The Hall–Kier alpha value is -1.13. The van der Waals surface area contributed by atoms with Crippen molar-refractivity contribution >= 4 is 15.9 Å². The first-order chi connectivity index (χ1) is 10.1. The van der Waals surface area contributed by atoms with Gasteiger partial charge in [0, 0.05) is 29.7 Å². The van der Waals surface area contributed by atoms with Crippen molar-refractivity contribution in [2.24, 2.45) is 7.05 Å². The molecule has 0 saturated heterocycles. The first kappa shape index (κ1) is 16.2. The van der Waals surface area contributed by atoms with Crippen LogP contribution in [0.1, 0.15) is 30.3 Å². The van der Waals surface area contributed by atoms with Crippen LogP contribution >= 0.6 is 15.9 Å². The van der Waals surface area contributed by atoms with E-state index in [-0.39, 0.29) is 0 Å². The minimum atomic E-state index is 0.439. The number of halogens is 1. The molecule has 0 radical (unpaired) electrons. The lowest BCUT2D eigenvalue weighted by molar-refractivity contribution is 0.490. The van der Waals surface area contributed by atoms with Gasteiger partial charge in [-0.3, -0.25) is 4.68 Å². The van der Waals surface area contributed by atoms with E-state index in [9.17, 15) is 0 Å². The SMILES string of the molecule is CCCNC(Cc1cccc(Br)c1)Cc1cc(C)nn1C. The molecule has 0 saturated carbocycles. The summed E-state index contributed by atoms with van der Waals surface area (Å²) in [5.41, 5.74) is 3.73. The Labute approximate surface area is 135 Å². The van der Waals surface area contributed by atoms with E-state index >= 15 is 0 Å². The average molecular weight is 350 g/mol. The lowest BCUT2D eigenvalue weighted by atomic mass is 10.0. The molecule has 0 aliphatic heterocycles. The number of nitrogens with one attached hydrogen (secondary N) is 1. The molecule has 1 unspecified atom stereocenters. The van der Waals surface area contributed by atoms with E-state index in [1.807, 2.05) is 18.7 Å². The van der Waals surface area contributed by atoms with Crippen molar-refractivity contribution in [1.29, 1.82) is 0 Å². The van der Waals surface area contributed by atoms with Gasteiger partial charge in [0.05, 0.1) is 5.69 Å². The second kappa shape index (κ2) is 7.76. The highest BCUT2D eigenvalue weighted by atomic mass is 79.9. The highest BCUT2D eigenvalue weighted by molar-refractivity contribution is 9.10. The lowest BCUT2D eigenvalue weighted by Gasteiger charge is -2.19. The van der Waals surface area contributed by atoms with E-state index in [0.717, 1.165) is 36.0 Å². The maximum absolute atomic E-state index is 4.45. The minimum Gasteiger partial charge on any atom is -0.313 e. The molecule has 0 aliphatic rings. The van der Waals surface area contributed by atoms with E-state index < -0.39 is 0 Å². The van der Waals surface area contributed by atoms with Gasteiger partial charge in [0.15, 0.2) is 0 Å². The second-order valence-corrected chi connectivity index (χ2v) is 6.51. The van der Waals surface area contributed by atoms with Gasteiger partial charge in [-0.2, -0.15) is 5.10 Å². The summed E-state index contributed by atoms with van der Waals surface area (Å²) in [7, 11) is 2.03. The van der Waals surface area contributed by atoms with Gasteiger partial charge in [0.25, 0.3) is 0 Å². The fourth-order valence-corrected chi connectivity index (χ4v) is 3.07. The van der Waals surface area contributed by atoms with Crippen LogP contribution in [0.5, 0.6) is 0 Å². The Morgan fingerprint density at radius 1 is 1.29 bits per heavy atom. The normalized spacial score (nSPS) is 12.6. The summed E-state index contributed by atoms with van der Waals surface area (Å²) in [6.07, 6.45) is 3.19. The molecule has 114 valence electrons. The lowest BCUT2D eigenvalue weighted by Crippen LogP contribution is -2.34. The quantitative estimate of drug-likeness (QED) is 0.826. The van der Waals surface area contributed by atoms with Gasteiger partial charge in [0.1, 0.15) is 0 Å². The Morgan fingerprint density at radius 3 is 2.71 bits per heavy atom. The van der Waals surface area contributed by atoms with E-state index in [1.54, 1.807) is 0 Å². The van der Waals surface area contributed by atoms with E-state index in [1.165, 1.54) is 11.3 Å². The van der Waals surface area contributed by atoms with Crippen molar-refractivity contribution in [3.05, 3.63) is 51.8 Å². The van der Waals surface area contributed by atoms with E-state index in [4.69, 9.17) is 0 Å². The maximum Gasteiger partial charge on any atom is 0.0596 e. The van der Waals surface area contributed by atoms with Gasteiger partial charge in [0.2, 0.25) is 0 Å². The van der Waals surface area contributed by atoms with Crippen LogP contribution in [0.2, 0.25) is 0 Å². The molecule has 1 aromatic heterocycles. The zero-order valence-corrected chi connectivity index (χ0v) is 14.7. The molecule has 3 nitrogen and oxygen atoms in total. The third kappa shape index (κ3) is 4.97. The molecular weight excluding hydrogens is 326 g/mol. The number of benzene rings is 1. The number of rotatable bonds is 7. The van der Waals surface area contributed by atoms with Crippen molar-refractivity contribution in [1.82, 2.24) is 15.1 Å². The zero-order valence-electron chi connectivity index (χ0n) is 13.1. The van der Waals surface area contributed by atoms with E-state index in [0.29, 0.717) is 6.04 Å². The summed E-state index contributed by atoms with van der Waals surface area (Å²) in [5.74, 6) is 0. The number of aryl methyl sites for hydroxylation is 2. The molecule has 1 aromatic carbocycles.